The molecule has 4 nitrogen and oxygen atoms in total. The Bertz CT molecular complexity index is 853. The highest BCUT2D eigenvalue weighted by Gasteiger charge is 2.33. The lowest BCUT2D eigenvalue weighted by Gasteiger charge is -2.19. The molecule has 2 aromatic carbocycles. The lowest BCUT2D eigenvalue weighted by molar-refractivity contribution is -0.117. The molecular formula is C15H13BrClNO3S. The minimum atomic E-state index is -3.60. The van der Waals surface area contributed by atoms with Gasteiger partial charge < -0.3 is 4.90 Å². The molecule has 2 aromatic rings. The Labute approximate surface area is 141 Å². The smallest absolute Gasteiger partial charge is 0.232 e. The van der Waals surface area contributed by atoms with E-state index < -0.39 is 9.05 Å². The number of halogens is 2. The minimum Gasteiger partial charge on any atom is -0.311 e. The van der Waals surface area contributed by atoms with Gasteiger partial charge in [0.05, 0.1) is 11.4 Å². The van der Waals surface area contributed by atoms with Gasteiger partial charge in [-0.15, -0.1) is 0 Å². The standard InChI is InChI=1S/C15H13BrClNO3S/c16-13-5-1-4-12-11(13)3-2-6-14(12)18-8-10(7-15(18)19)9-22(17,20)21/h1-6,10H,7-9H2. The van der Waals surface area contributed by atoms with Crippen LogP contribution in [-0.4, -0.2) is 26.6 Å². The lowest BCUT2D eigenvalue weighted by Crippen LogP contribution is -2.25. The maximum Gasteiger partial charge on any atom is 0.232 e. The summed E-state index contributed by atoms with van der Waals surface area (Å²) < 4.78 is 23.4. The molecule has 1 aliphatic rings. The molecule has 1 heterocycles. The summed E-state index contributed by atoms with van der Waals surface area (Å²) in [5, 5.41) is 1.97. The van der Waals surface area contributed by atoms with E-state index in [0.29, 0.717) is 6.54 Å². The average molecular weight is 403 g/mol. The van der Waals surface area contributed by atoms with Crippen LogP contribution in [0.3, 0.4) is 0 Å². The van der Waals surface area contributed by atoms with Crippen molar-refractivity contribution in [2.45, 2.75) is 6.42 Å². The Morgan fingerprint density at radius 1 is 1.18 bits per heavy atom. The SMILES string of the molecule is O=C1CC(CS(=O)(=O)Cl)CN1c1cccc2c(Br)cccc12. The molecule has 7 heteroatoms. The van der Waals surface area contributed by atoms with E-state index in [-0.39, 0.29) is 24.0 Å². The van der Waals surface area contributed by atoms with Gasteiger partial charge >= 0.3 is 0 Å². The highest BCUT2D eigenvalue weighted by molar-refractivity contribution is 9.10. The van der Waals surface area contributed by atoms with Crippen molar-refractivity contribution in [3.63, 3.8) is 0 Å². The van der Waals surface area contributed by atoms with Gasteiger partial charge in [-0.05, 0) is 17.5 Å². The van der Waals surface area contributed by atoms with E-state index >= 15 is 0 Å². The van der Waals surface area contributed by atoms with Crippen molar-refractivity contribution >= 4 is 58.0 Å². The number of anilines is 1. The summed E-state index contributed by atoms with van der Waals surface area (Å²) in [5.74, 6) is -0.513. The summed E-state index contributed by atoms with van der Waals surface area (Å²) in [7, 11) is 1.71. The number of hydrogen-bond acceptors (Lipinski definition) is 3. The number of carbonyl (C=O) groups excluding carboxylic acids is 1. The van der Waals surface area contributed by atoms with E-state index in [2.05, 4.69) is 15.9 Å². The molecule has 1 amide bonds. The second-order valence-electron chi connectivity index (χ2n) is 5.39. The monoisotopic (exact) mass is 401 g/mol. The van der Waals surface area contributed by atoms with Crippen LogP contribution in [0.25, 0.3) is 10.8 Å². The normalized spacial score (nSPS) is 19.1. The number of amides is 1. The first kappa shape index (κ1) is 15.8. The van der Waals surface area contributed by atoms with E-state index in [0.717, 1.165) is 20.9 Å². The van der Waals surface area contributed by atoms with Crippen molar-refractivity contribution < 1.29 is 13.2 Å². The van der Waals surface area contributed by atoms with Crippen LogP contribution in [-0.2, 0) is 13.8 Å². The molecule has 0 N–H and O–H groups in total. The number of fused-ring (bicyclic) bond motifs is 1. The molecule has 1 saturated heterocycles. The molecule has 1 aliphatic heterocycles. The van der Waals surface area contributed by atoms with Crippen molar-refractivity contribution in [2.24, 2.45) is 5.92 Å². The van der Waals surface area contributed by atoms with Crippen LogP contribution in [0.4, 0.5) is 5.69 Å². The molecule has 1 atom stereocenters. The van der Waals surface area contributed by atoms with Crippen LogP contribution in [0.15, 0.2) is 40.9 Å². The second-order valence-corrected chi connectivity index (χ2v) is 9.07. The average Bonchev–Trinajstić information content (AvgIpc) is 2.77. The Morgan fingerprint density at radius 2 is 1.86 bits per heavy atom. The first-order chi connectivity index (χ1) is 10.3. The molecule has 0 saturated carbocycles. The van der Waals surface area contributed by atoms with E-state index in [1.165, 1.54) is 0 Å². The van der Waals surface area contributed by atoms with Gasteiger partial charge in [0.2, 0.25) is 15.0 Å². The highest BCUT2D eigenvalue weighted by Crippen LogP contribution is 2.34. The third-order valence-corrected chi connectivity index (χ3v) is 5.72. The maximum absolute atomic E-state index is 12.3. The predicted octanol–water partition coefficient (Wildman–Crippen LogP) is 3.52. The molecule has 0 radical (unpaired) electrons. The third-order valence-electron chi connectivity index (χ3n) is 3.78. The van der Waals surface area contributed by atoms with Crippen molar-refractivity contribution in [1.82, 2.24) is 0 Å². The quantitative estimate of drug-likeness (QED) is 0.738. The molecule has 0 spiro atoms. The van der Waals surface area contributed by atoms with E-state index in [4.69, 9.17) is 10.7 Å². The fourth-order valence-corrected chi connectivity index (χ4v) is 4.72. The van der Waals surface area contributed by atoms with Crippen molar-refractivity contribution in [2.75, 3.05) is 17.2 Å². The summed E-state index contributed by atoms with van der Waals surface area (Å²) >= 11 is 3.51. The van der Waals surface area contributed by atoms with E-state index in [1.54, 1.807) is 4.90 Å². The number of carbonyl (C=O) groups is 1. The molecule has 116 valence electrons. The fraction of sp³-hybridized carbons (Fsp3) is 0.267. The van der Waals surface area contributed by atoms with E-state index in [1.807, 2.05) is 36.4 Å². The first-order valence-corrected chi connectivity index (χ1v) is 10.0. The Hall–Kier alpha value is -1.11. The molecule has 0 aliphatic carbocycles. The molecule has 0 aromatic heterocycles. The van der Waals surface area contributed by atoms with Crippen LogP contribution in [0.1, 0.15) is 6.42 Å². The van der Waals surface area contributed by atoms with Gasteiger partial charge in [-0.3, -0.25) is 4.79 Å². The maximum atomic E-state index is 12.3. The van der Waals surface area contributed by atoms with Crippen LogP contribution in [0.2, 0.25) is 0 Å². The van der Waals surface area contributed by atoms with Crippen LogP contribution in [0.5, 0.6) is 0 Å². The van der Waals surface area contributed by atoms with E-state index in [9.17, 15) is 13.2 Å². The van der Waals surface area contributed by atoms with Crippen LogP contribution >= 0.6 is 26.6 Å². The van der Waals surface area contributed by atoms with Gasteiger partial charge in [-0.2, -0.15) is 0 Å². The van der Waals surface area contributed by atoms with Crippen molar-refractivity contribution in [1.29, 1.82) is 0 Å². The molecular weight excluding hydrogens is 390 g/mol. The van der Waals surface area contributed by atoms with Gasteiger partial charge in [-0.25, -0.2) is 8.42 Å². The van der Waals surface area contributed by atoms with Gasteiger partial charge in [0.15, 0.2) is 0 Å². The topological polar surface area (TPSA) is 54.5 Å². The summed E-state index contributed by atoms with van der Waals surface area (Å²) in [6.07, 6.45) is 0.205. The van der Waals surface area contributed by atoms with Crippen LogP contribution in [0, 0.1) is 5.92 Å². The number of hydrogen-bond donors (Lipinski definition) is 0. The Morgan fingerprint density at radius 3 is 2.59 bits per heavy atom. The van der Waals surface area contributed by atoms with Crippen molar-refractivity contribution in [3.8, 4) is 0 Å². The molecule has 22 heavy (non-hydrogen) atoms. The number of benzene rings is 2. The van der Waals surface area contributed by atoms with Crippen LogP contribution < -0.4 is 4.90 Å². The fourth-order valence-electron chi connectivity index (χ4n) is 2.90. The zero-order valence-electron chi connectivity index (χ0n) is 11.5. The molecule has 1 fully saturated rings. The Kier molecular flexibility index (Phi) is 4.18. The first-order valence-electron chi connectivity index (χ1n) is 6.75. The van der Waals surface area contributed by atoms with Gasteiger partial charge in [0, 0.05) is 39.4 Å². The zero-order chi connectivity index (χ0) is 15.9. The summed E-state index contributed by atoms with van der Waals surface area (Å²) in [6, 6.07) is 11.6. The predicted molar refractivity (Wildman–Crippen MR) is 91.7 cm³/mol. The molecule has 3 rings (SSSR count). The van der Waals surface area contributed by atoms with Gasteiger partial charge in [0.1, 0.15) is 0 Å². The summed E-state index contributed by atoms with van der Waals surface area (Å²) in [6.45, 7) is 0.371. The number of rotatable bonds is 3. The zero-order valence-corrected chi connectivity index (χ0v) is 14.7. The largest absolute Gasteiger partial charge is 0.311 e. The number of nitrogens with zero attached hydrogens (tertiary/aromatic N) is 1. The molecule has 1 unspecified atom stereocenters. The molecule has 0 bridgehead atoms. The summed E-state index contributed by atoms with van der Waals surface area (Å²) in [5.41, 5.74) is 0.804. The minimum absolute atomic E-state index is 0.0715. The lowest BCUT2D eigenvalue weighted by atomic mass is 10.1. The summed E-state index contributed by atoms with van der Waals surface area (Å²) in [4.78, 5) is 13.9. The Balaban J connectivity index is 1.98. The second kappa shape index (κ2) is 5.83. The third kappa shape index (κ3) is 3.14. The highest BCUT2D eigenvalue weighted by atomic mass is 79.9. The van der Waals surface area contributed by atoms with Gasteiger partial charge in [-0.1, -0.05) is 40.2 Å². The van der Waals surface area contributed by atoms with Gasteiger partial charge in [0.25, 0.3) is 0 Å². The van der Waals surface area contributed by atoms with Crippen molar-refractivity contribution in [3.05, 3.63) is 40.9 Å².